The van der Waals surface area contributed by atoms with Gasteiger partial charge < -0.3 is 10.8 Å². The zero-order chi connectivity index (χ0) is 10.8. The lowest BCUT2D eigenvalue weighted by Gasteiger charge is -2.08. The van der Waals surface area contributed by atoms with Crippen LogP contribution in [0.3, 0.4) is 0 Å². The van der Waals surface area contributed by atoms with Crippen molar-refractivity contribution in [2.45, 2.75) is 6.92 Å². The molecule has 2 rings (SSSR count). The van der Waals surface area contributed by atoms with Crippen LogP contribution in [0.4, 0.5) is 5.69 Å². The van der Waals surface area contributed by atoms with E-state index >= 15 is 0 Å². The fraction of sp³-hybridized carbons (Fsp3) is 0.0769. The molecule has 0 bridgehead atoms. The van der Waals surface area contributed by atoms with Gasteiger partial charge in [0, 0.05) is 11.3 Å². The summed E-state index contributed by atoms with van der Waals surface area (Å²) in [5.74, 6) is 0.301. The minimum Gasteiger partial charge on any atom is -0.507 e. The number of aromatic hydroxyl groups is 1. The number of phenols is 1. The van der Waals surface area contributed by atoms with Crippen LogP contribution in [-0.2, 0) is 0 Å². The van der Waals surface area contributed by atoms with Crippen molar-refractivity contribution in [3.63, 3.8) is 0 Å². The normalized spacial score (nSPS) is 10.2. The van der Waals surface area contributed by atoms with Gasteiger partial charge in [0.05, 0.1) is 0 Å². The van der Waals surface area contributed by atoms with E-state index in [4.69, 9.17) is 5.73 Å². The molecule has 2 aromatic rings. The molecule has 0 amide bonds. The summed E-state index contributed by atoms with van der Waals surface area (Å²) in [5, 5.41) is 9.92. The summed E-state index contributed by atoms with van der Waals surface area (Å²) < 4.78 is 0. The van der Waals surface area contributed by atoms with Gasteiger partial charge in [-0.15, -0.1) is 0 Å². The van der Waals surface area contributed by atoms with E-state index in [-0.39, 0.29) is 0 Å². The maximum atomic E-state index is 9.92. The minimum atomic E-state index is 0.301. The van der Waals surface area contributed by atoms with Gasteiger partial charge in [-0.1, -0.05) is 30.3 Å². The highest BCUT2D eigenvalue weighted by atomic mass is 16.3. The molecule has 0 fully saturated rings. The zero-order valence-electron chi connectivity index (χ0n) is 8.57. The average Bonchev–Trinajstić information content (AvgIpc) is 2.24. The number of nitrogen functional groups attached to an aromatic ring is 1. The number of nitrogens with two attached hydrogens (primary N) is 1. The summed E-state index contributed by atoms with van der Waals surface area (Å²) >= 11 is 0. The Labute approximate surface area is 89.0 Å². The van der Waals surface area contributed by atoms with Gasteiger partial charge in [-0.3, -0.25) is 0 Å². The highest BCUT2D eigenvalue weighted by Crippen LogP contribution is 2.33. The summed E-state index contributed by atoms with van der Waals surface area (Å²) in [7, 11) is 0. The lowest BCUT2D eigenvalue weighted by atomic mass is 10.0. The van der Waals surface area contributed by atoms with Crippen LogP contribution >= 0.6 is 0 Å². The number of aryl methyl sites for hydroxylation is 1. The SMILES string of the molecule is Cc1cc(N)cc(-c2ccccc2)c1O. The molecule has 2 nitrogen and oxygen atoms in total. The molecule has 76 valence electrons. The third-order valence-electron chi connectivity index (χ3n) is 2.41. The van der Waals surface area contributed by atoms with Crippen LogP contribution in [-0.4, -0.2) is 5.11 Å². The van der Waals surface area contributed by atoms with Gasteiger partial charge in [-0.05, 0) is 30.2 Å². The van der Waals surface area contributed by atoms with Crippen molar-refractivity contribution in [3.8, 4) is 16.9 Å². The molecule has 2 aromatic carbocycles. The Kier molecular flexibility index (Phi) is 2.34. The molecule has 0 aliphatic rings. The zero-order valence-corrected chi connectivity index (χ0v) is 8.57. The molecule has 15 heavy (non-hydrogen) atoms. The molecule has 0 heterocycles. The quantitative estimate of drug-likeness (QED) is 0.548. The Bertz CT molecular complexity index is 477. The number of rotatable bonds is 1. The maximum Gasteiger partial charge on any atom is 0.126 e. The maximum absolute atomic E-state index is 9.92. The molecule has 0 aliphatic carbocycles. The van der Waals surface area contributed by atoms with Crippen molar-refractivity contribution < 1.29 is 5.11 Å². The van der Waals surface area contributed by atoms with E-state index in [0.29, 0.717) is 11.4 Å². The number of benzene rings is 2. The van der Waals surface area contributed by atoms with Gasteiger partial charge in [0.25, 0.3) is 0 Å². The van der Waals surface area contributed by atoms with Gasteiger partial charge in [0.15, 0.2) is 0 Å². The lowest BCUT2D eigenvalue weighted by Crippen LogP contribution is -1.89. The first kappa shape index (κ1) is 9.59. The van der Waals surface area contributed by atoms with E-state index in [1.54, 1.807) is 12.1 Å². The fourth-order valence-electron chi connectivity index (χ4n) is 1.65. The second-order valence-electron chi connectivity index (χ2n) is 3.60. The van der Waals surface area contributed by atoms with Gasteiger partial charge in [-0.2, -0.15) is 0 Å². The average molecular weight is 199 g/mol. The molecule has 0 atom stereocenters. The lowest BCUT2D eigenvalue weighted by molar-refractivity contribution is 0.473. The third kappa shape index (κ3) is 1.79. The van der Waals surface area contributed by atoms with Crippen LogP contribution in [0.1, 0.15) is 5.56 Å². The van der Waals surface area contributed by atoms with Crippen LogP contribution in [0, 0.1) is 6.92 Å². The highest BCUT2D eigenvalue weighted by Gasteiger charge is 2.07. The van der Waals surface area contributed by atoms with Gasteiger partial charge in [-0.25, -0.2) is 0 Å². The summed E-state index contributed by atoms with van der Waals surface area (Å²) in [6.45, 7) is 1.85. The number of hydrogen-bond acceptors (Lipinski definition) is 2. The van der Waals surface area contributed by atoms with Crippen LogP contribution in [0.15, 0.2) is 42.5 Å². The second kappa shape index (κ2) is 3.65. The predicted octanol–water partition coefficient (Wildman–Crippen LogP) is 2.95. The monoisotopic (exact) mass is 199 g/mol. The van der Waals surface area contributed by atoms with E-state index < -0.39 is 0 Å². The van der Waals surface area contributed by atoms with Crippen LogP contribution in [0.25, 0.3) is 11.1 Å². The fourth-order valence-corrected chi connectivity index (χ4v) is 1.65. The number of anilines is 1. The summed E-state index contributed by atoms with van der Waals surface area (Å²) in [5.41, 5.74) is 8.99. The van der Waals surface area contributed by atoms with Crippen LogP contribution < -0.4 is 5.73 Å². The van der Waals surface area contributed by atoms with Crippen LogP contribution in [0.2, 0.25) is 0 Å². The van der Waals surface area contributed by atoms with E-state index in [9.17, 15) is 5.11 Å². The molecular formula is C13H13NO. The summed E-state index contributed by atoms with van der Waals surface area (Å²) in [6.07, 6.45) is 0. The largest absolute Gasteiger partial charge is 0.507 e. The third-order valence-corrected chi connectivity index (χ3v) is 2.41. The van der Waals surface area contributed by atoms with Crippen LogP contribution in [0.5, 0.6) is 5.75 Å². The smallest absolute Gasteiger partial charge is 0.126 e. The Morgan fingerprint density at radius 3 is 2.40 bits per heavy atom. The first-order valence-electron chi connectivity index (χ1n) is 4.83. The van der Waals surface area contributed by atoms with Crippen molar-refractivity contribution in [1.29, 1.82) is 0 Å². The van der Waals surface area contributed by atoms with E-state index in [1.807, 2.05) is 37.3 Å². The first-order chi connectivity index (χ1) is 7.18. The van der Waals surface area contributed by atoms with Gasteiger partial charge >= 0.3 is 0 Å². The van der Waals surface area contributed by atoms with Crippen molar-refractivity contribution in [2.75, 3.05) is 5.73 Å². The topological polar surface area (TPSA) is 46.2 Å². The van der Waals surface area contributed by atoms with Crippen molar-refractivity contribution in [1.82, 2.24) is 0 Å². The summed E-state index contributed by atoms with van der Waals surface area (Å²) in [6, 6.07) is 13.3. The number of hydrogen-bond donors (Lipinski definition) is 2. The second-order valence-corrected chi connectivity index (χ2v) is 3.60. The van der Waals surface area contributed by atoms with Gasteiger partial charge in [0.1, 0.15) is 5.75 Å². The first-order valence-corrected chi connectivity index (χ1v) is 4.83. The van der Waals surface area contributed by atoms with E-state index in [0.717, 1.165) is 16.7 Å². The molecule has 2 heteroatoms. The highest BCUT2D eigenvalue weighted by molar-refractivity contribution is 5.75. The molecule has 0 aliphatic heterocycles. The van der Waals surface area contributed by atoms with Crippen molar-refractivity contribution >= 4 is 5.69 Å². The molecule has 0 spiro atoms. The molecule has 0 radical (unpaired) electrons. The predicted molar refractivity (Wildman–Crippen MR) is 62.7 cm³/mol. The Hall–Kier alpha value is -1.96. The number of phenolic OH excluding ortho intramolecular Hbond substituents is 1. The standard InChI is InChI=1S/C13H13NO/c1-9-7-11(14)8-12(13(9)15)10-5-3-2-4-6-10/h2-8,15H,14H2,1H3. The Balaban J connectivity index is 2.63. The molecule has 0 aromatic heterocycles. The van der Waals surface area contributed by atoms with E-state index in [1.165, 1.54) is 0 Å². The Morgan fingerprint density at radius 2 is 1.73 bits per heavy atom. The van der Waals surface area contributed by atoms with E-state index in [2.05, 4.69) is 0 Å². The molecule has 0 unspecified atom stereocenters. The van der Waals surface area contributed by atoms with Crippen molar-refractivity contribution in [2.24, 2.45) is 0 Å². The van der Waals surface area contributed by atoms with Crippen molar-refractivity contribution in [3.05, 3.63) is 48.0 Å². The summed E-state index contributed by atoms with van der Waals surface area (Å²) in [4.78, 5) is 0. The molecular weight excluding hydrogens is 186 g/mol. The Morgan fingerprint density at radius 1 is 1.07 bits per heavy atom. The molecule has 0 saturated heterocycles. The van der Waals surface area contributed by atoms with Gasteiger partial charge in [0.2, 0.25) is 0 Å². The molecule has 0 saturated carbocycles. The molecule has 3 N–H and O–H groups in total. The minimum absolute atomic E-state index is 0.301.